The first-order chi connectivity index (χ1) is 31.7. The summed E-state index contributed by atoms with van der Waals surface area (Å²) in [5, 5.41) is 19.5. The number of ether oxygens (including phenoxy) is 3. The number of rotatable bonds is 11. The number of fused-ring (bicyclic) bond motifs is 4. The Labute approximate surface area is 373 Å². The van der Waals surface area contributed by atoms with Crippen LogP contribution in [0.2, 0.25) is 0 Å². The zero-order valence-electron chi connectivity index (χ0n) is 35.9. The number of anilines is 2. The maximum Gasteiger partial charge on any atom is 0.284 e. The number of carbonyl (C=O) groups excluding carboxylic acids is 3. The molecule has 5 aliphatic heterocycles. The van der Waals surface area contributed by atoms with Gasteiger partial charge in [-0.3, -0.25) is 29.1 Å². The van der Waals surface area contributed by atoms with E-state index in [1.807, 2.05) is 28.9 Å². The van der Waals surface area contributed by atoms with Gasteiger partial charge in [0.1, 0.15) is 18.0 Å². The molecule has 1 unspecified atom stereocenters. The predicted molar refractivity (Wildman–Crippen MR) is 232 cm³/mol. The number of piperidine rings is 2. The Bertz CT molecular complexity index is 2690. The average molecular weight is 892 g/mol. The summed E-state index contributed by atoms with van der Waals surface area (Å²) in [5.74, 6) is 6.14. The molecule has 5 saturated heterocycles. The van der Waals surface area contributed by atoms with E-state index in [-0.39, 0.29) is 59.8 Å². The number of amides is 3. The molecule has 3 amide bonds. The number of hydrogen-bond acceptors (Lipinski definition) is 12. The lowest BCUT2D eigenvalue weighted by Gasteiger charge is -2.36. The van der Waals surface area contributed by atoms with Gasteiger partial charge >= 0.3 is 0 Å². The number of para-hydroxylation sites is 1. The molecular formula is C46H51F2N11O6. The number of morpholine rings is 1. The van der Waals surface area contributed by atoms with Crippen LogP contribution in [0.4, 0.5) is 20.3 Å². The maximum atomic E-state index is 14.3. The summed E-state index contributed by atoms with van der Waals surface area (Å²) in [4.78, 5) is 47.6. The lowest BCUT2D eigenvalue weighted by molar-refractivity contribution is -0.134. The van der Waals surface area contributed by atoms with Crippen molar-refractivity contribution in [2.75, 3.05) is 62.8 Å². The molecule has 0 spiro atoms. The quantitative estimate of drug-likeness (QED) is 0.137. The number of carbonyl (C=O) groups is 3. The van der Waals surface area contributed by atoms with Crippen LogP contribution >= 0.6 is 0 Å². The largest absolute Gasteiger partial charge is 0.377 e. The van der Waals surface area contributed by atoms with Crippen molar-refractivity contribution >= 4 is 45.8 Å². The van der Waals surface area contributed by atoms with E-state index >= 15 is 0 Å². The molecule has 0 radical (unpaired) electrons. The van der Waals surface area contributed by atoms with Crippen LogP contribution in [-0.4, -0.2) is 128 Å². The van der Waals surface area contributed by atoms with E-state index in [4.69, 9.17) is 24.3 Å². The van der Waals surface area contributed by atoms with Crippen LogP contribution in [0, 0.1) is 17.8 Å². The maximum absolute atomic E-state index is 14.3. The normalized spacial score (nSPS) is 25.3. The van der Waals surface area contributed by atoms with Gasteiger partial charge in [-0.1, -0.05) is 24.0 Å². The summed E-state index contributed by atoms with van der Waals surface area (Å²) in [6, 6.07) is 7.99. The van der Waals surface area contributed by atoms with E-state index in [9.17, 15) is 23.2 Å². The van der Waals surface area contributed by atoms with Crippen LogP contribution in [0.1, 0.15) is 110 Å². The Balaban J connectivity index is 0.662. The summed E-state index contributed by atoms with van der Waals surface area (Å²) in [6.07, 6.45) is 9.17. The Morgan fingerprint density at radius 2 is 1.85 bits per heavy atom. The number of alkyl halides is 2. The fourth-order valence-electron chi connectivity index (χ4n) is 10.6. The fraction of sp³-hybridized carbons (Fsp3) is 0.543. The lowest BCUT2D eigenvalue weighted by atomic mass is 9.85. The third-order valence-corrected chi connectivity index (χ3v) is 14.2. The third kappa shape index (κ3) is 8.25. The second kappa shape index (κ2) is 17.5. The van der Waals surface area contributed by atoms with Gasteiger partial charge in [-0.15, -0.1) is 0 Å². The van der Waals surface area contributed by atoms with Crippen LogP contribution in [0.5, 0.6) is 0 Å². The number of nitrogens with one attached hydrogen (secondary N) is 2. The molecule has 1 saturated carbocycles. The van der Waals surface area contributed by atoms with Crippen LogP contribution < -0.4 is 15.5 Å². The van der Waals surface area contributed by atoms with Crippen molar-refractivity contribution in [3.8, 4) is 11.8 Å². The zero-order chi connectivity index (χ0) is 44.2. The molecule has 4 aromatic heterocycles. The molecule has 9 heterocycles. The van der Waals surface area contributed by atoms with Crippen molar-refractivity contribution in [3.05, 3.63) is 65.4 Å². The number of hydrogen-bond donors (Lipinski definition) is 2. The molecule has 65 heavy (non-hydrogen) atoms. The van der Waals surface area contributed by atoms with Gasteiger partial charge in [0.25, 0.3) is 12.3 Å². The molecule has 17 nitrogen and oxygen atoms in total. The van der Waals surface area contributed by atoms with E-state index in [0.717, 1.165) is 93.4 Å². The van der Waals surface area contributed by atoms with Crippen molar-refractivity contribution in [2.24, 2.45) is 5.92 Å². The van der Waals surface area contributed by atoms with Crippen molar-refractivity contribution in [1.29, 1.82) is 0 Å². The Hall–Kier alpha value is -5.81. The average Bonchev–Trinajstić information content (AvgIpc) is 4.15. The van der Waals surface area contributed by atoms with Crippen molar-refractivity contribution in [3.63, 3.8) is 0 Å². The van der Waals surface area contributed by atoms with E-state index in [1.165, 1.54) is 10.7 Å². The lowest BCUT2D eigenvalue weighted by Crippen LogP contribution is -2.40. The van der Waals surface area contributed by atoms with E-state index < -0.39 is 23.9 Å². The molecule has 11 rings (SSSR count). The first-order valence-electron chi connectivity index (χ1n) is 22.9. The number of likely N-dealkylation sites (tertiary alicyclic amines) is 1. The van der Waals surface area contributed by atoms with Crippen LogP contribution in [0.25, 0.3) is 16.6 Å². The molecule has 3 atom stereocenters. The van der Waals surface area contributed by atoms with Gasteiger partial charge in [-0.2, -0.15) is 15.3 Å². The highest BCUT2D eigenvalue weighted by Gasteiger charge is 2.40. The number of benzene rings is 1. The molecule has 19 heteroatoms. The smallest absolute Gasteiger partial charge is 0.284 e. The highest BCUT2D eigenvalue weighted by Crippen LogP contribution is 2.38. The minimum atomic E-state index is -2.86. The van der Waals surface area contributed by atoms with E-state index in [2.05, 4.69) is 42.5 Å². The minimum absolute atomic E-state index is 0.00220. The highest BCUT2D eigenvalue weighted by molar-refractivity contribution is 6.08. The Morgan fingerprint density at radius 1 is 1.00 bits per heavy atom. The summed E-state index contributed by atoms with van der Waals surface area (Å²) in [5.41, 5.74) is 2.46. The molecule has 6 fully saturated rings. The molecule has 6 aliphatic rings. The van der Waals surface area contributed by atoms with Gasteiger partial charge < -0.3 is 29.3 Å². The van der Waals surface area contributed by atoms with Gasteiger partial charge in [-0.25, -0.2) is 18.3 Å². The van der Waals surface area contributed by atoms with Crippen molar-refractivity contribution in [1.82, 2.24) is 44.4 Å². The SMILES string of the molecule is O=C1CCC(c2nn(C3COC3)c3c(C#CCOC4CCN(CC5CCC(n6cc(NC(=O)c7cnn8ccc(N9C[C@@H]%10C[C@H]9CO%10)nc78)c(C(F)F)n6)CC5)CC4)cccc23)C(=O)N1. The molecule has 1 aliphatic carbocycles. The van der Waals surface area contributed by atoms with Crippen molar-refractivity contribution < 1.29 is 37.4 Å². The molecule has 1 aromatic carbocycles. The van der Waals surface area contributed by atoms with Gasteiger partial charge in [0.2, 0.25) is 11.8 Å². The molecule has 2 bridgehead atoms. The molecule has 340 valence electrons. The minimum Gasteiger partial charge on any atom is -0.377 e. The number of aromatic nitrogens is 7. The first-order valence-corrected chi connectivity index (χ1v) is 22.9. The summed E-state index contributed by atoms with van der Waals surface area (Å²) in [6.45, 7) is 5.60. The fourth-order valence-corrected chi connectivity index (χ4v) is 10.6. The monoisotopic (exact) mass is 891 g/mol. The second-order valence-electron chi connectivity index (χ2n) is 18.3. The molecule has 5 aromatic rings. The number of halogens is 2. The van der Waals surface area contributed by atoms with Crippen LogP contribution in [-0.2, 0) is 23.8 Å². The summed E-state index contributed by atoms with van der Waals surface area (Å²) < 4.78 is 51.2. The third-order valence-electron chi connectivity index (χ3n) is 14.2. The van der Waals surface area contributed by atoms with Gasteiger partial charge in [0.05, 0.1) is 84.7 Å². The number of nitrogens with zero attached hydrogens (tertiary/aromatic N) is 9. The molecular weight excluding hydrogens is 841 g/mol. The van der Waals surface area contributed by atoms with Gasteiger partial charge in [0.15, 0.2) is 11.3 Å². The Morgan fingerprint density at radius 3 is 2.58 bits per heavy atom. The zero-order valence-corrected chi connectivity index (χ0v) is 35.9. The van der Waals surface area contributed by atoms with Gasteiger partial charge in [-0.05, 0) is 69.4 Å². The summed E-state index contributed by atoms with van der Waals surface area (Å²) in [7, 11) is 0. The first kappa shape index (κ1) is 41.9. The van der Waals surface area contributed by atoms with Gasteiger partial charge in [0, 0.05) is 50.4 Å². The predicted octanol–water partition coefficient (Wildman–Crippen LogP) is 4.80. The molecule has 2 N–H and O–H groups in total. The highest BCUT2D eigenvalue weighted by atomic mass is 19.3. The van der Waals surface area contributed by atoms with Crippen LogP contribution in [0.15, 0.2) is 42.9 Å². The van der Waals surface area contributed by atoms with Crippen molar-refractivity contribution in [2.45, 2.75) is 100 Å². The second-order valence-corrected chi connectivity index (χ2v) is 18.3. The topological polar surface area (TPSA) is 175 Å². The van der Waals surface area contributed by atoms with E-state index in [1.54, 1.807) is 17.1 Å². The van der Waals surface area contributed by atoms with E-state index in [0.29, 0.717) is 50.1 Å². The van der Waals surface area contributed by atoms with Crippen LogP contribution in [0.3, 0.4) is 0 Å². The number of imide groups is 1. The standard InChI is InChI=1S/C46H51F2N11O6/c47-43(48)41-37(50-46(62)36-20-49-57-17-14-38(51-44(36)57)56-22-33-19-30(56)26-65-33)23-58(53-41)29-8-6-27(7-9-29)21-55-15-12-32(13-16-55)64-18-2-4-28-3-1-5-34-40(35-10-11-39(60)52-45(35)61)54-59(42(28)34)31-24-63-25-31/h1,3,5,14,17,20,23,27,29-33,35,43H,6-13,15-16,18-19,21-22,24-26H2,(H,50,62)(H,52,60,61)/t27?,29?,30-,33-,35?/m0/s1. The Kier molecular flexibility index (Phi) is 11.3. The summed E-state index contributed by atoms with van der Waals surface area (Å²) >= 11 is 0.